The maximum Gasteiger partial charge on any atom is 0.218 e. The molecule has 0 bridgehead atoms. The molecule has 1 aliphatic heterocycles. The van der Waals surface area contributed by atoms with Gasteiger partial charge in [-0.25, -0.2) is 4.99 Å². The lowest BCUT2D eigenvalue weighted by Crippen LogP contribution is -2.43. The van der Waals surface area contributed by atoms with Crippen LogP contribution in [-0.2, 0) is 10.3 Å². The molecule has 174 valence electrons. The summed E-state index contributed by atoms with van der Waals surface area (Å²) in [5.41, 5.74) is 25.8. The molecule has 0 saturated carbocycles. The number of nitrogens with zero attached hydrogens (tertiary/aromatic N) is 3. The van der Waals surface area contributed by atoms with Crippen molar-refractivity contribution in [3.8, 4) is 0 Å². The molecular weight excluding hydrogens is 402 g/mol. The van der Waals surface area contributed by atoms with Gasteiger partial charge in [0, 0.05) is 37.1 Å². The fourth-order valence-corrected chi connectivity index (χ4v) is 3.56. The van der Waals surface area contributed by atoms with Crippen LogP contribution < -0.4 is 22.9 Å². The topological polar surface area (TPSA) is 141 Å². The number of hydrogen-bond donors (Lipinski definition) is 4. The minimum absolute atomic E-state index is 0.161. The summed E-state index contributed by atoms with van der Waals surface area (Å²) in [6.07, 6.45) is 4.87. The quantitative estimate of drug-likeness (QED) is 0.202. The third-order valence-electron chi connectivity index (χ3n) is 6.20. The molecule has 0 aliphatic carbocycles. The molecule has 1 aromatic carbocycles. The number of allylic oxidation sites excluding steroid dienone is 1. The Kier molecular flexibility index (Phi) is 8.48. The van der Waals surface area contributed by atoms with Gasteiger partial charge in [0.15, 0.2) is 5.84 Å². The van der Waals surface area contributed by atoms with Gasteiger partial charge in [-0.15, -0.1) is 0 Å². The second kappa shape index (κ2) is 10.9. The predicted molar refractivity (Wildman–Crippen MR) is 133 cm³/mol. The number of rotatable bonds is 9. The Labute approximate surface area is 191 Å². The van der Waals surface area contributed by atoms with E-state index in [0.29, 0.717) is 11.7 Å². The SMILES string of the molecule is C=C(N)/N=C\C(=C/N)c1ccc(C(C)(/C(N)=N/OC(=C)N2CCC(N)CC2)C(C)C)cc1. The Morgan fingerprint density at radius 3 is 2.28 bits per heavy atom. The van der Waals surface area contributed by atoms with Gasteiger partial charge in [0.05, 0.1) is 5.41 Å². The second-order valence-corrected chi connectivity index (χ2v) is 8.59. The molecule has 1 unspecified atom stereocenters. The third kappa shape index (κ3) is 5.91. The average molecular weight is 440 g/mol. The van der Waals surface area contributed by atoms with Gasteiger partial charge in [-0.2, -0.15) is 0 Å². The van der Waals surface area contributed by atoms with Crippen LogP contribution in [0, 0.1) is 5.92 Å². The number of hydrogen-bond acceptors (Lipinski definition) is 7. The summed E-state index contributed by atoms with van der Waals surface area (Å²) in [5, 5.41) is 4.26. The molecule has 8 nitrogen and oxygen atoms in total. The first-order chi connectivity index (χ1) is 15.1. The summed E-state index contributed by atoms with van der Waals surface area (Å²) in [7, 11) is 0. The molecule has 1 aromatic rings. The van der Waals surface area contributed by atoms with Crippen molar-refractivity contribution in [3.63, 3.8) is 0 Å². The maximum absolute atomic E-state index is 6.46. The summed E-state index contributed by atoms with van der Waals surface area (Å²) < 4.78 is 0. The van der Waals surface area contributed by atoms with E-state index in [9.17, 15) is 0 Å². The van der Waals surface area contributed by atoms with Crippen molar-refractivity contribution < 1.29 is 4.84 Å². The number of piperidine rings is 1. The van der Waals surface area contributed by atoms with Crippen LogP contribution in [0.5, 0.6) is 0 Å². The van der Waals surface area contributed by atoms with E-state index >= 15 is 0 Å². The van der Waals surface area contributed by atoms with Crippen molar-refractivity contribution in [1.82, 2.24) is 4.90 Å². The monoisotopic (exact) mass is 439 g/mol. The molecule has 32 heavy (non-hydrogen) atoms. The summed E-state index contributed by atoms with van der Waals surface area (Å²) >= 11 is 0. The highest BCUT2D eigenvalue weighted by molar-refractivity contribution is 6.09. The van der Waals surface area contributed by atoms with Crippen molar-refractivity contribution >= 4 is 17.6 Å². The van der Waals surface area contributed by atoms with Crippen molar-refractivity contribution in [2.45, 2.75) is 45.1 Å². The molecule has 0 radical (unpaired) electrons. The third-order valence-corrected chi connectivity index (χ3v) is 6.20. The lowest BCUT2D eigenvalue weighted by atomic mass is 9.72. The molecule has 0 amide bonds. The number of amidine groups is 1. The second-order valence-electron chi connectivity index (χ2n) is 8.59. The Hall–Kier alpha value is -3.26. The van der Waals surface area contributed by atoms with Crippen LogP contribution in [0.25, 0.3) is 5.57 Å². The Balaban J connectivity index is 2.22. The molecule has 8 N–H and O–H groups in total. The highest BCUT2D eigenvalue weighted by Gasteiger charge is 2.35. The molecular formula is C24H37N7O. The first-order valence-corrected chi connectivity index (χ1v) is 10.8. The zero-order valence-corrected chi connectivity index (χ0v) is 19.4. The van der Waals surface area contributed by atoms with Gasteiger partial charge >= 0.3 is 0 Å². The smallest absolute Gasteiger partial charge is 0.218 e. The number of aliphatic imine (C=N–C) groups is 1. The lowest BCUT2D eigenvalue weighted by Gasteiger charge is -2.34. The maximum atomic E-state index is 6.46. The van der Waals surface area contributed by atoms with Crippen LogP contribution in [0.3, 0.4) is 0 Å². The molecule has 1 aliphatic rings. The minimum Gasteiger partial charge on any atom is -0.404 e. The van der Waals surface area contributed by atoms with E-state index < -0.39 is 5.41 Å². The van der Waals surface area contributed by atoms with Crippen LogP contribution >= 0.6 is 0 Å². The van der Waals surface area contributed by atoms with Crippen molar-refractivity contribution in [2.75, 3.05) is 13.1 Å². The fraction of sp³-hybridized carbons (Fsp3) is 0.417. The summed E-state index contributed by atoms with van der Waals surface area (Å²) in [6.45, 7) is 15.4. The Morgan fingerprint density at radius 2 is 1.78 bits per heavy atom. The molecule has 1 heterocycles. The van der Waals surface area contributed by atoms with Crippen molar-refractivity contribution in [3.05, 3.63) is 66.5 Å². The first-order valence-electron chi connectivity index (χ1n) is 10.8. The lowest BCUT2D eigenvalue weighted by molar-refractivity contribution is 0.101. The van der Waals surface area contributed by atoms with E-state index in [-0.39, 0.29) is 17.8 Å². The summed E-state index contributed by atoms with van der Waals surface area (Å²) in [6, 6.07) is 8.17. The number of nitrogens with two attached hydrogens (primary N) is 4. The van der Waals surface area contributed by atoms with Crippen molar-refractivity contribution in [1.29, 1.82) is 0 Å². The number of benzene rings is 1. The van der Waals surface area contributed by atoms with Gasteiger partial charge in [0.25, 0.3) is 0 Å². The predicted octanol–water partition coefficient (Wildman–Crippen LogP) is 2.58. The van der Waals surface area contributed by atoms with Crippen LogP contribution in [0.4, 0.5) is 0 Å². The highest BCUT2D eigenvalue weighted by atomic mass is 16.6. The molecule has 1 fully saturated rings. The zero-order chi connectivity index (χ0) is 23.9. The average Bonchev–Trinajstić information content (AvgIpc) is 2.77. The van der Waals surface area contributed by atoms with Crippen LogP contribution in [0.1, 0.15) is 44.7 Å². The van der Waals surface area contributed by atoms with Gasteiger partial charge in [-0.1, -0.05) is 49.8 Å². The molecule has 1 saturated heterocycles. The van der Waals surface area contributed by atoms with Crippen LogP contribution in [0.2, 0.25) is 0 Å². The number of oxime groups is 1. The van der Waals surface area contributed by atoms with Gasteiger partial charge < -0.3 is 32.7 Å². The largest absolute Gasteiger partial charge is 0.404 e. The van der Waals surface area contributed by atoms with E-state index in [1.54, 1.807) is 6.21 Å². The molecule has 0 spiro atoms. The van der Waals surface area contributed by atoms with E-state index in [2.05, 4.69) is 44.1 Å². The minimum atomic E-state index is -0.546. The molecule has 8 heteroatoms. The number of likely N-dealkylation sites (tertiary alicyclic amines) is 1. The van der Waals surface area contributed by atoms with Crippen molar-refractivity contribution in [2.24, 2.45) is 39.0 Å². The van der Waals surface area contributed by atoms with Gasteiger partial charge in [0.1, 0.15) is 5.82 Å². The van der Waals surface area contributed by atoms with Crippen LogP contribution in [-0.4, -0.2) is 36.1 Å². The summed E-state index contributed by atoms with van der Waals surface area (Å²) in [5.74, 6) is 1.24. The Bertz CT molecular complexity index is 893. The molecule has 1 atom stereocenters. The van der Waals surface area contributed by atoms with E-state index in [4.69, 9.17) is 27.8 Å². The summed E-state index contributed by atoms with van der Waals surface area (Å²) in [4.78, 5) is 11.7. The Morgan fingerprint density at radius 1 is 1.19 bits per heavy atom. The first kappa shape index (κ1) is 25.0. The zero-order valence-electron chi connectivity index (χ0n) is 19.4. The highest BCUT2D eigenvalue weighted by Crippen LogP contribution is 2.33. The molecule has 2 rings (SSSR count). The fourth-order valence-electron chi connectivity index (χ4n) is 3.56. The van der Waals surface area contributed by atoms with E-state index in [0.717, 1.165) is 42.6 Å². The molecule has 0 aromatic heterocycles. The van der Waals surface area contributed by atoms with E-state index in [1.807, 2.05) is 29.2 Å². The van der Waals surface area contributed by atoms with Gasteiger partial charge in [0.2, 0.25) is 5.88 Å². The van der Waals surface area contributed by atoms with Gasteiger partial charge in [-0.05, 0) is 43.4 Å². The normalized spacial score (nSPS) is 18.1. The van der Waals surface area contributed by atoms with E-state index in [1.165, 1.54) is 6.20 Å². The standard InChI is InChI=1S/C24H37N7O/c1-16(2)24(5,23(28)30-32-18(4)31-12-10-22(27)11-13-31)21-8-6-19(7-9-21)20(14-25)15-29-17(3)26/h6-9,14-16,22H,3-4,10-13,25-27H2,1-2,5H3,(H2,28,30)/b20-14+,29-15-. The van der Waals surface area contributed by atoms with Crippen LogP contribution in [0.15, 0.2) is 65.5 Å². The van der Waals surface area contributed by atoms with Gasteiger partial charge in [-0.3, -0.25) is 0 Å².